The number of nitrogens with zero attached hydrogens (tertiary/aromatic N) is 2. The first-order valence-electron chi connectivity index (χ1n) is 9.51. The summed E-state index contributed by atoms with van der Waals surface area (Å²) in [7, 11) is 1.76. The zero-order valence-corrected chi connectivity index (χ0v) is 16.0. The van der Waals surface area contributed by atoms with Crippen molar-refractivity contribution in [2.24, 2.45) is 5.92 Å². The fraction of sp³-hybridized carbons (Fsp3) is 0.429. The summed E-state index contributed by atoms with van der Waals surface area (Å²) in [4.78, 5) is 0. The monoisotopic (exact) mass is 368 g/mol. The van der Waals surface area contributed by atoms with Crippen LogP contribution < -0.4 is 15.4 Å². The van der Waals surface area contributed by atoms with Crippen molar-refractivity contribution in [3.63, 3.8) is 0 Å². The Morgan fingerprint density at radius 3 is 2.63 bits per heavy atom. The van der Waals surface area contributed by atoms with Crippen LogP contribution in [-0.2, 0) is 6.54 Å². The van der Waals surface area contributed by atoms with Gasteiger partial charge in [0.15, 0.2) is 0 Å². The number of benzene rings is 1. The van der Waals surface area contributed by atoms with E-state index in [2.05, 4.69) is 46.0 Å². The van der Waals surface area contributed by atoms with Gasteiger partial charge in [-0.1, -0.05) is 48.4 Å². The maximum atomic E-state index is 5.63. The van der Waals surface area contributed by atoms with Gasteiger partial charge in [-0.15, -0.1) is 5.10 Å². The van der Waals surface area contributed by atoms with Gasteiger partial charge < -0.3 is 19.8 Å². The van der Waals surface area contributed by atoms with E-state index in [1.165, 1.54) is 12.0 Å². The average molecular weight is 368 g/mol. The number of nitrogens with one attached hydrogen (secondary N) is 2. The normalized spacial score (nSPS) is 20.3. The lowest BCUT2D eigenvalue weighted by Gasteiger charge is -2.08. The SMILES string of the molecule is C1=CC(COc2ccccc2)=CCC1.CNc1nnc(CN[C@H]2CC2C)o1. The second-order valence-corrected chi connectivity index (χ2v) is 6.81. The lowest BCUT2D eigenvalue weighted by atomic mass is 10.1. The molecule has 1 aromatic heterocycles. The molecule has 1 saturated carbocycles. The Morgan fingerprint density at radius 2 is 2.00 bits per heavy atom. The van der Waals surface area contributed by atoms with Crippen molar-refractivity contribution < 1.29 is 9.15 Å². The molecule has 0 amide bonds. The average Bonchev–Trinajstić information content (AvgIpc) is 3.24. The Morgan fingerprint density at radius 1 is 1.19 bits per heavy atom. The lowest BCUT2D eigenvalue weighted by Crippen LogP contribution is -2.17. The van der Waals surface area contributed by atoms with Crippen molar-refractivity contribution in [1.82, 2.24) is 15.5 Å². The van der Waals surface area contributed by atoms with E-state index in [9.17, 15) is 0 Å². The number of rotatable bonds is 7. The Hall–Kier alpha value is -2.60. The quantitative estimate of drug-likeness (QED) is 0.771. The number of allylic oxidation sites excluding steroid dienone is 2. The first-order valence-corrected chi connectivity index (χ1v) is 9.51. The predicted molar refractivity (Wildman–Crippen MR) is 107 cm³/mol. The summed E-state index contributed by atoms with van der Waals surface area (Å²) in [5.74, 6) is 2.38. The first kappa shape index (κ1) is 19.2. The maximum absolute atomic E-state index is 5.63. The van der Waals surface area contributed by atoms with Crippen LogP contribution in [0.15, 0.2) is 58.6 Å². The minimum Gasteiger partial charge on any atom is -0.489 e. The van der Waals surface area contributed by atoms with Gasteiger partial charge >= 0.3 is 6.01 Å². The van der Waals surface area contributed by atoms with Crippen molar-refractivity contribution >= 4 is 6.01 Å². The molecule has 6 nitrogen and oxygen atoms in total. The molecule has 2 aromatic rings. The molecule has 0 saturated heterocycles. The fourth-order valence-corrected chi connectivity index (χ4v) is 2.71. The van der Waals surface area contributed by atoms with Gasteiger partial charge in [0.1, 0.15) is 12.4 Å². The van der Waals surface area contributed by atoms with Gasteiger partial charge in [0, 0.05) is 13.1 Å². The molecule has 0 radical (unpaired) electrons. The third kappa shape index (κ3) is 6.57. The number of hydrogen-bond donors (Lipinski definition) is 2. The molecule has 2 aliphatic carbocycles. The maximum Gasteiger partial charge on any atom is 0.315 e. The van der Waals surface area contributed by atoms with E-state index in [0.717, 1.165) is 24.5 Å². The van der Waals surface area contributed by atoms with Gasteiger partial charge in [-0.05, 0) is 42.9 Å². The summed E-state index contributed by atoms with van der Waals surface area (Å²) in [5.41, 5.74) is 1.28. The zero-order valence-electron chi connectivity index (χ0n) is 16.0. The Bertz CT molecular complexity index is 755. The van der Waals surface area contributed by atoms with E-state index < -0.39 is 0 Å². The van der Waals surface area contributed by atoms with Crippen molar-refractivity contribution in [1.29, 1.82) is 0 Å². The molecule has 144 valence electrons. The third-order valence-corrected chi connectivity index (χ3v) is 4.53. The van der Waals surface area contributed by atoms with E-state index in [1.807, 2.05) is 30.3 Å². The summed E-state index contributed by atoms with van der Waals surface area (Å²) in [6.45, 7) is 3.58. The highest BCUT2D eigenvalue weighted by atomic mass is 16.5. The Balaban J connectivity index is 0.000000156. The molecule has 27 heavy (non-hydrogen) atoms. The van der Waals surface area contributed by atoms with Gasteiger partial charge in [-0.3, -0.25) is 0 Å². The summed E-state index contributed by atoms with van der Waals surface area (Å²) >= 11 is 0. The van der Waals surface area contributed by atoms with Crippen LogP contribution >= 0.6 is 0 Å². The van der Waals surface area contributed by atoms with Gasteiger partial charge in [0.05, 0.1) is 6.54 Å². The van der Waals surface area contributed by atoms with Gasteiger partial charge in [0.2, 0.25) is 5.89 Å². The van der Waals surface area contributed by atoms with Gasteiger partial charge in [-0.25, -0.2) is 0 Å². The van der Waals surface area contributed by atoms with Crippen LogP contribution in [0.1, 0.15) is 32.1 Å². The minimum atomic E-state index is 0.473. The van der Waals surface area contributed by atoms with Crippen molar-refractivity contribution in [3.8, 4) is 5.75 Å². The molecule has 2 aliphatic rings. The molecule has 1 heterocycles. The van der Waals surface area contributed by atoms with Crippen molar-refractivity contribution in [2.45, 2.75) is 38.8 Å². The first-order chi connectivity index (χ1) is 13.2. The van der Waals surface area contributed by atoms with Crippen LogP contribution in [-0.4, -0.2) is 29.9 Å². The van der Waals surface area contributed by atoms with Gasteiger partial charge in [0.25, 0.3) is 0 Å². The molecule has 0 spiro atoms. The summed E-state index contributed by atoms with van der Waals surface area (Å²) in [6.07, 6.45) is 10.1. The van der Waals surface area contributed by atoms with Crippen molar-refractivity contribution in [2.75, 3.05) is 19.0 Å². The smallest absolute Gasteiger partial charge is 0.315 e. The number of anilines is 1. The highest BCUT2D eigenvalue weighted by Gasteiger charge is 2.32. The second-order valence-electron chi connectivity index (χ2n) is 6.81. The topological polar surface area (TPSA) is 72.2 Å². The van der Waals surface area contributed by atoms with Crippen LogP contribution in [0.25, 0.3) is 0 Å². The summed E-state index contributed by atoms with van der Waals surface area (Å²) in [6, 6.07) is 11.0. The van der Waals surface area contributed by atoms with Crippen LogP contribution in [0.3, 0.4) is 0 Å². The molecule has 0 bridgehead atoms. The third-order valence-electron chi connectivity index (χ3n) is 4.53. The second kappa shape index (κ2) is 9.92. The summed E-state index contributed by atoms with van der Waals surface area (Å²) < 4.78 is 10.9. The number of para-hydroxylation sites is 1. The Labute approximate surface area is 160 Å². The molecule has 6 heteroatoms. The van der Waals surface area contributed by atoms with E-state index in [4.69, 9.17) is 9.15 Å². The zero-order chi connectivity index (χ0) is 18.9. The van der Waals surface area contributed by atoms with Gasteiger partial charge in [-0.2, -0.15) is 0 Å². The fourth-order valence-electron chi connectivity index (χ4n) is 2.71. The number of hydrogen-bond acceptors (Lipinski definition) is 6. The molecule has 1 aromatic carbocycles. The lowest BCUT2D eigenvalue weighted by molar-refractivity contribution is 0.354. The molecular formula is C21H28N4O2. The van der Waals surface area contributed by atoms with Crippen LogP contribution in [0, 0.1) is 5.92 Å². The number of aromatic nitrogens is 2. The van der Waals surface area contributed by atoms with Crippen LogP contribution in [0.4, 0.5) is 6.01 Å². The predicted octanol–water partition coefficient (Wildman–Crippen LogP) is 3.95. The van der Waals surface area contributed by atoms with E-state index in [-0.39, 0.29) is 0 Å². The van der Waals surface area contributed by atoms with E-state index >= 15 is 0 Å². The molecule has 4 rings (SSSR count). The minimum absolute atomic E-state index is 0.473. The van der Waals surface area contributed by atoms with E-state index in [1.54, 1.807) is 7.05 Å². The Kier molecular flexibility index (Phi) is 7.04. The standard InChI is InChI=1S/C13H14O.C8H14N4O/c1-3-7-12(8-4-1)11-14-13-9-5-2-6-10-13;1-5-3-6(5)10-4-7-11-12-8(9-2)13-7/h2-3,5-10H,1,4,11H2;5-6,10H,3-4H2,1-2H3,(H,9,12)/t;5?,6-/m.0/s1. The van der Waals surface area contributed by atoms with Crippen LogP contribution in [0.2, 0.25) is 0 Å². The molecule has 2 atom stereocenters. The largest absolute Gasteiger partial charge is 0.489 e. The molecule has 1 unspecified atom stereocenters. The number of ether oxygens (including phenoxy) is 1. The van der Waals surface area contributed by atoms with E-state index in [0.29, 0.717) is 31.1 Å². The molecule has 2 N–H and O–H groups in total. The highest BCUT2D eigenvalue weighted by Crippen LogP contribution is 2.29. The summed E-state index contributed by atoms with van der Waals surface area (Å²) in [5, 5.41) is 13.8. The molecule has 0 aliphatic heterocycles. The molecule has 1 fully saturated rings. The highest BCUT2D eigenvalue weighted by molar-refractivity contribution is 5.26. The van der Waals surface area contributed by atoms with Crippen molar-refractivity contribution in [3.05, 3.63) is 60.0 Å². The molecular weight excluding hydrogens is 340 g/mol. The van der Waals surface area contributed by atoms with Crippen LogP contribution in [0.5, 0.6) is 5.75 Å².